The third kappa shape index (κ3) is 2.36. The Morgan fingerprint density at radius 1 is 1.39 bits per heavy atom. The Balaban J connectivity index is 2.56. The van der Waals surface area contributed by atoms with Gasteiger partial charge in [-0.05, 0) is 57.2 Å². The second kappa shape index (κ2) is 5.32. The summed E-state index contributed by atoms with van der Waals surface area (Å²) in [5.74, 6) is 0. The van der Waals surface area contributed by atoms with Gasteiger partial charge >= 0.3 is 0 Å². The molecule has 0 radical (unpaired) electrons. The molecule has 98 valence electrons. The van der Waals surface area contributed by atoms with Gasteiger partial charge in [-0.15, -0.1) is 11.3 Å². The number of nitrogens with one attached hydrogen (secondary N) is 1. The van der Waals surface area contributed by atoms with Crippen molar-refractivity contribution in [1.82, 2.24) is 5.32 Å². The van der Waals surface area contributed by atoms with Crippen LogP contribution in [0.3, 0.4) is 0 Å². The largest absolute Gasteiger partial charge is 0.313 e. The lowest BCUT2D eigenvalue weighted by Crippen LogP contribution is -2.31. The molecule has 1 nitrogen and oxygen atoms in total. The molecule has 0 spiro atoms. The van der Waals surface area contributed by atoms with Crippen molar-refractivity contribution < 1.29 is 0 Å². The molecule has 1 heterocycles. The number of hydrogen-bond acceptors (Lipinski definition) is 2. The quantitative estimate of drug-likeness (QED) is 0.797. The minimum atomic E-state index is 0.255. The van der Waals surface area contributed by atoms with Crippen LogP contribution in [0, 0.1) is 5.41 Å². The normalized spacial score (nSPS) is 14.1. The summed E-state index contributed by atoms with van der Waals surface area (Å²) in [7, 11) is 2.06. The van der Waals surface area contributed by atoms with Crippen LogP contribution >= 0.6 is 27.3 Å². The molecule has 0 saturated heterocycles. The maximum Gasteiger partial charge on any atom is 0.0488 e. The van der Waals surface area contributed by atoms with Crippen LogP contribution in [0.25, 0.3) is 10.1 Å². The molecular formula is C15H20BrNS. The molecule has 2 aromatic rings. The van der Waals surface area contributed by atoms with Gasteiger partial charge in [0.15, 0.2) is 0 Å². The molecule has 0 amide bonds. The Hall–Kier alpha value is -0.380. The van der Waals surface area contributed by atoms with Gasteiger partial charge in [0, 0.05) is 15.2 Å². The zero-order chi connectivity index (χ0) is 13.3. The van der Waals surface area contributed by atoms with Crippen LogP contribution in [0.15, 0.2) is 28.1 Å². The van der Waals surface area contributed by atoms with Crippen LogP contribution < -0.4 is 5.32 Å². The predicted molar refractivity (Wildman–Crippen MR) is 85.4 cm³/mol. The first-order chi connectivity index (χ1) is 8.51. The highest BCUT2D eigenvalue weighted by Gasteiger charge is 2.29. The molecule has 1 unspecified atom stereocenters. The SMILES string of the molecule is CCC(C)(C)C(NC)c1csc2c(Br)cccc12. The highest BCUT2D eigenvalue weighted by atomic mass is 79.9. The van der Waals surface area contributed by atoms with Gasteiger partial charge in [0.25, 0.3) is 0 Å². The third-order valence-corrected chi connectivity index (χ3v) is 5.84. The number of thiophene rings is 1. The van der Waals surface area contributed by atoms with Gasteiger partial charge in [0.2, 0.25) is 0 Å². The number of benzene rings is 1. The predicted octanol–water partition coefficient (Wildman–Crippen LogP) is 5.36. The topological polar surface area (TPSA) is 12.0 Å². The Morgan fingerprint density at radius 3 is 2.72 bits per heavy atom. The third-order valence-electron chi connectivity index (χ3n) is 3.87. The number of halogens is 1. The zero-order valence-corrected chi connectivity index (χ0v) is 13.8. The first-order valence-electron chi connectivity index (χ1n) is 6.34. The molecule has 1 N–H and O–H groups in total. The summed E-state index contributed by atoms with van der Waals surface area (Å²) in [6.07, 6.45) is 1.16. The van der Waals surface area contributed by atoms with E-state index in [0.29, 0.717) is 6.04 Å². The summed E-state index contributed by atoms with van der Waals surface area (Å²) < 4.78 is 2.54. The van der Waals surface area contributed by atoms with Crippen LogP contribution in [0.1, 0.15) is 38.8 Å². The van der Waals surface area contributed by atoms with Crippen molar-refractivity contribution in [3.63, 3.8) is 0 Å². The summed E-state index contributed by atoms with van der Waals surface area (Å²) in [6.45, 7) is 6.92. The van der Waals surface area contributed by atoms with E-state index >= 15 is 0 Å². The summed E-state index contributed by atoms with van der Waals surface area (Å²) in [4.78, 5) is 0. The van der Waals surface area contributed by atoms with Gasteiger partial charge in [-0.3, -0.25) is 0 Å². The number of hydrogen-bond donors (Lipinski definition) is 1. The molecule has 0 aliphatic rings. The number of rotatable bonds is 4. The van der Waals surface area contributed by atoms with Gasteiger partial charge in [0.1, 0.15) is 0 Å². The Bertz CT molecular complexity index is 544. The molecule has 1 aromatic carbocycles. The molecule has 3 heteroatoms. The fraction of sp³-hybridized carbons (Fsp3) is 0.467. The average Bonchev–Trinajstić information content (AvgIpc) is 2.75. The van der Waals surface area contributed by atoms with Crippen molar-refractivity contribution >= 4 is 37.4 Å². The van der Waals surface area contributed by atoms with Crippen LogP contribution in [-0.4, -0.2) is 7.05 Å². The smallest absolute Gasteiger partial charge is 0.0488 e. The highest BCUT2D eigenvalue weighted by molar-refractivity contribution is 9.10. The van der Waals surface area contributed by atoms with Gasteiger partial charge in [-0.2, -0.15) is 0 Å². The average molecular weight is 326 g/mol. The zero-order valence-electron chi connectivity index (χ0n) is 11.4. The summed E-state index contributed by atoms with van der Waals surface area (Å²) in [6, 6.07) is 6.85. The molecule has 0 bridgehead atoms. The van der Waals surface area contributed by atoms with Crippen molar-refractivity contribution in [1.29, 1.82) is 0 Å². The van der Waals surface area contributed by atoms with Crippen molar-refractivity contribution in [3.8, 4) is 0 Å². The van der Waals surface area contributed by atoms with Crippen LogP contribution in [0.5, 0.6) is 0 Å². The highest BCUT2D eigenvalue weighted by Crippen LogP contribution is 2.42. The van der Waals surface area contributed by atoms with E-state index in [1.807, 2.05) is 11.3 Å². The van der Waals surface area contributed by atoms with Crippen molar-refractivity contribution in [2.75, 3.05) is 7.05 Å². The molecule has 0 aliphatic heterocycles. The molecular weight excluding hydrogens is 306 g/mol. The van der Waals surface area contributed by atoms with Gasteiger partial charge in [0.05, 0.1) is 0 Å². The van der Waals surface area contributed by atoms with E-state index in [1.54, 1.807) is 0 Å². The Labute approximate surface area is 122 Å². The maximum atomic E-state index is 3.64. The summed E-state index contributed by atoms with van der Waals surface area (Å²) >= 11 is 5.46. The first kappa shape index (κ1) is 14.0. The second-order valence-corrected chi connectivity index (χ2v) is 7.11. The van der Waals surface area contributed by atoms with Crippen LogP contribution in [-0.2, 0) is 0 Å². The van der Waals surface area contributed by atoms with Crippen LogP contribution in [0.4, 0.5) is 0 Å². The summed E-state index contributed by atoms with van der Waals surface area (Å²) in [5.41, 5.74) is 1.68. The van der Waals surface area contributed by atoms with Crippen molar-refractivity contribution in [3.05, 3.63) is 33.6 Å². The Kier molecular flexibility index (Phi) is 4.15. The maximum absolute atomic E-state index is 3.64. The fourth-order valence-corrected chi connectivity index (χ4v) is 4.08. The summed E-state index contributed by atoms with van der Waals surface area (Å²) in [5, 5.41) is 7.17. The van der Waals surface area contributed by atoms with Crippen molar-refractivity contribution in [2.45, 2.75) is 33.2 Å². The van der Waals surface area contributed by atoms with Gasteiger partial charge in [-0.25, -0.2) is 0 Å². The van der Waals surface area contributed by atoms with E-state index in [2.05, 4.69) is 72.6 Å². The van der Waals surface area contributed by atoms with E-state index in [1.165, 1.54) is 20.1 Å². The molecule has 18 heavy (non-hydrogen) atoms. The second-order valence-electron chi connectivity index (χ2n) is 5.37. The monoisotopic (exact) mass is 325 g/mol. The van der Waals surface area contributed by atoms with Gasteiger partial charge in [-0.1, -0.05) is 32.9 Å². The standard InChI is InChI=1S/C15H20BrNS/c1-5-15(2,3)14(17-4)11-9-18-13-10(11)7-6-8-12(13)16/h6-9,14,17H,5H2,1-4H3. The molecule has 1 aromatic heterocycles. The van der Waals surface area contributed by atoms with E-state index in [0.717, 1.165) is 6.42 Å². The van der Waals surface area contributed by atoms with Gasteiger partial charge < -0.3 is 5.32 Å². The lowest BCUT2D eigenvalue weighted by atomic mass is 9.78. The minimum absolute atomic E-state index is 0.255. The van der Waals surface area contributed by atoms with Crippen LogP contribution in [0.2, 0.25) is 0 Å². The molecule has 1 atom stereocenters. The van der Waals surface area contributed by atoms with E-state index in [9.17, 15) is 0 Å². The van der Waals surface area contributed by atoms with E-state index in [-0.39, 0.29) is 5.41 Å². The fourth-order valence-electron chi connectivity index (χ4n) is 2.44. The molecule has 0 fully saturated rings. The molecule has 0 aliphatic carbocycles. The number of fused-ring (bicyclic) bond motifs is 1. The molecule has 2 rings (SSSR count). The first-order valence-corrected chi connectivity index (χ1v) is 8.01. The lowest BCUT2D eigenvalue weighted by molar-refractivity contribution is 0.247. The van der Waals surface area contributed by atoms with Crippen molar-refractivity contribution in [2.24, 2.45) is 5.41 Å². The van der Waals surface area contributed by atoms with E-state index < -0.39 is 0 Å². The Morgan fingerprint density at radius 2 is 2.11 bits per heavy atom. The van der Waals surface area contributed by atoms with E-state index in [4.69, 9.17) is 0 Å². The molecule has 0 saturated carbocycles. The minimum Gasteiger partial charge on any atom is -0.313 e. The lowest BCUT2D eigenvalue weighted by Gasteiger charge is -2.33.